The number of hydrogen-bond donors (Lipinski definition) is 2. The summed E-state index contributed by atoms with van der Waals surface area (Å²) in [5.41, 5.74) is 2.17. The van der Waals surface area contributed by atoms with Crippen molar-refractivity contribution in [3.8, 4) is 5.88 Å². The second-order valence-corrected chi connectivity index (χ2v) is 6.52. The zero-order chi connectivity index (χ0) is 20.2. The van der Waals surface area contributed by atoms with Crippen molar-refractivity contribution < 1.29 is 4.74 Å². The first-order valence-electron chi connectivity index (χ1n) is 9.95. The zero-order valence-electron chi connectivity index (χ0n) is 17.2. The van der Waals surface area contributed by atoms with Crippen LogP contribution in [0.3, 0.4) is 0 Å². The molecule has 0 radical (unpaired) electrons. The lowest BCUT2D eigenvalue weighted by atomic mass is 10.2. The van der Waals surface area contributed by atoms with E-state index < -0.39 is 0 Å². The largest absolute Gasteiger partial charge is 0.473 e. The number of guanidine groups is 1. The fourth-order valence-electron chi connectivity index (χ4n) is 2.75. The number of nitrogens with zero attached hydrogens (tertiary/aromatic N) is 4. The predicted molar refractivity (Wildman–Crippen MR) is 130 cm³/mol. The first kappa shape index (κ1) is 23.7. The van der Waals surface area contributed by atoms with Gasteiger partial charge in [-0.15, -0.1) is 24.0 Å². The summed E-state index contributed by atoms with van der Waals surface area (Å²) in [6, 6.07) is 15.9. The minimum Gasteiger partial charge on any atom is -0.473 e. The average Bonchev–Trinajstić information content (AvgIpc) is 3.28. The van der Waals surface area contributed by atoms with Crippen LogP contribution in [-0.2, 0) is 19.7 Å². The van der Waals surface area contributed by atoms with Crippen LogP contribution in [0.5, 0.6) is 5.88 Å². The number of aliphatic imine (C=N–C) groups is 1. The molecular weight excluding hydrogens is 491 g/mol. The van der Waals surface area contributed by atoms with Crippen LogP contribution >= 0.6 is 24.0 Å². The van der Waals surface area contributed by atoms with E-state index in [0.29, 0.717) is 19.0 Å². The Morgan fingerprint density at radius 1 is 1.07 bits per heavy atom. The molecule has 0 aliphatic rings. The smallest absolute Gasteiger partial charge is 0.213 e. The highest BCUT2D eigenvalue weighted by atomic mass is 127. The Balaban J connectivity index is 0.00000320. The summed E-state index contributed by atoms with van der Waals surface area (Å²) >= 11 is 0. The molecule has 0 fully saturated rings. The van der Waals surface area contributed by atoms with Gasteiger partial charge in [0.25, 0.3) is 0 Å². The summed E-state index contributed by atoms with van der Waals surface area (Å²) in [6.45, 7) is 5.63. The lowest BCUT2D eigenvalue weighted by molar-refractivity contribution is 0.293. The van der Waals surface area contributed by atoms with Crippen LogP contribution in [0.25, 0.3) is 0 Å². The van der Waals surface area contributed by atoms with Gasteiger partial charge in [-0.3, -0.25) is 4.68 Å². The van der Waals surface area contributed by atoms with Crippen LogP contribution in [0, 0.1) is 0 Å². The molecule has 0 amide bonds. The third-order valence-corrected chi connectivity index (χ3v) is 4.21. The maximum atomic E-state index is 5.80. The highest BCUT2D eigenvalue weighted by molar-refractivity contribution is 14.0. The first-order valence-corrected chi connectivity index (χ1v) is 9.95. The number of rotatable bonds is 10. The quantitative estimate of drug-likeness (QED) is 0.185. The molecule has 1 aromatic carbocycles. The minimum atomic E-state index is 0. The molecule has 0 aliphatic heterocycles. The van der Waals surface area contributed by atoms with E-state index in [1.54, 1.807) is 12.4 Å². The van der Waals surface area contributed by atoms with Crippen LogP contribution in [0.15, 0.2) is 72.1 Å². The Kier molecular flexibility index (Phi) is 10.7. The van der Waals surface area contributed by atoms with E-state index in [4.69, 9.17) is 4.74 Å². The molecule has 0 spiro atoms. The fourth-order valence-corrected chi connectivity index (χ4v) is 2.75. The van der Waals surface area contributed by atoms with E-state index in [2.05, 4.69) is 32.6 Å². The number of pyridine rings is 1. The van der Waals surface area contributed by atoms with E-state index in [1.165, 1.54) is 0 Å². The normalized spacial score (nSPS) is 10.9. The van der Waals surface area contributed by atoms with E-state index in [0.717, 1.165) is 43.1 Å². The number of halogens is 1. The summed E-state index contributed by atoms with van der Waals surface area (Å²) in [4.78, 5) is 8.96. The molecule has 3 aromatic rings. The molecule has 0 bridgehead atoms. The summed E-state index contributed by atoms with van der Waals surface area (Å²) in [7, 11) is 0. The maximum Gasteiger partial charge on any atom is 0.213 e. The number of hydrogen-bond acceptors (Lipinski definition) is 4. The van der Waals surface area contributed by atoms with Gasteiger partial charge in [0.15, 0.2) is 5.96 Å². The van der Waals surface area contributed by atoms with Crippen molar-refractivity contribution in [2.45, 2.75) is 33.0 Å². The van der Waals surface area contributed by atoms with Gasteiger partial charge in [-0.25, -0.2) is 9.98 Å². The van der Waals surface area contributed by atoms with Gasteiger partial charge in [-0.2, -0.15) is 5.10 Å². The lowest BCUT2D eigenvalue weighted by Gasteiger charge is -2.11. The van der Waals surface area contributed by atoms with E-state index in [-0.39, 0.29) is 24.0 Å². The SMILES string of the molecule is CCNC(=NCc1ccnc(OCc2ccccc2)c1)NCCCn1cccn1.I. The summed E-state index contributed by atoms with van der Waals surface area (Å²) in [5.74, 6) is 1.41. The highest BCUT2D eigenvalue weighted by Gasteiger charge is 2.01. The molecule has 0 saturated carbocycles. The van der Waals surface area contributed by atoms with Gasteiger partial charge >= 0.3 is 0 Å². The third-order valence-electron chi connectivity index (χ3n) is 4.21. The first-order chi connectivity index (χ1) is 14.3. The van der Waals surface area contributed by atoms with Crippen molar-refractivity contribution >= 4 is 29.9 Å². The van der Waals surface area contributed by atoms with Crippen LogP contribution in [0.1, 0.15) is 24.5 Å². The van der Waals surface area contributed by atoms with Crippen LogP contribution in [-0.4, -0.2) is 33.8 Å². The van der Waals surface area contributed by atoms with Gasteiger partial charge < -0.3 is 15.4 Å². The molecule has 0 saturated heterocycles. The molecule has 160 valence electrons. The van der Waals surface area contributed by atoms with Gasteiger partial charge in [-0.1, -0.05) is 30.3 Å². The highest BCUT2D eigenvalue weighted by Crippen LogP contribution is 2.12. The topological polar surface area (TPSA) is 76.4 Å². The van der Waals surface area contributed by atoms with Crippen molar-refractivity contribution in [1.82, 2.24) is 25.4 Å². The van der Waals surface area contributed by atoms with Crippen LogP contribution in [0.2, 0.25) is 0 Å². The maximum absolute atomic E-state index is 5.80. The second-order valence-electron chi connectivity index (χ2n) is 6.52. The number of nitrogens with one attached hydrogen (secondary N) is 2. The van der Waals surface area contributed by atoms with Crippen molar-refractivity contribution in [2.75, 3.05) is 13.1 Å². The predicted octanol–water partition coefficient (Wildman–Crippen LogP) is 3.62. The van der Waals surface area contributed by atoms with Gasteiger partial charge in [-0.05, 0) is 36.6 Å². The van der Waals surface area contributed by atoms with Crippen molar-refractivity contribution in [2.24, 2.45) is 4.99 Å². The third kappa shape index (κ3) is 8.40. The van der Waals surface area contributed by atoms with Crippen LogP contribution in [0.4, 0.5) is 0 Å². The van der Waals surface area contributed by atoms with Crippen molar-refractivity contribution in [3.63, 3.8) is 0 Å². The van der Waals surface area contributed by atoms with Crippen molar-refractivity contribution in [3.05, 3.63) is 78.2 Å². The number of benzene rings is 1. The van der Waals surface area contributed by atoms with E-state index in [9.17, 15) is 0 Å². The van der Waals surface area contributed by atoms with E-state index in [1.807, 2.05) is 59.4 Å². The van der Waals surface area contributed by atoms with Crippen LogP contribution < -0.4 is 15.4 Å². The molecule has 0 atom stereocenters. The molecule has 2 N–H and O–H groups in total. The lowest BCUT2D eigenvalue weighted by Crippen LogP contribution is -2.38. The monoisotopic (exact) mass is 520 g/mol. The Bertz CT molecular complexity index is 870. The summed E-state index contributed by atoms with van der Waals surface area (Å²) < 4.78 is 7.73. The van der Waals surface area contributed by atoms with Gasteiger partial charge in [0.05, 0.1) is 6.54 Å². The second kappa shape index (κ2) is 13.6. The minimum absolute atomic E-state index is 0. The van der Waals surface area contributed by atoms with Gasteiger partial charge in [0.1, 0.15) is 6.61 Å². The Labute approximate surface area is 195 Å². The van der Waals surface area contributed by atoms with E-state index >= 15 is 0 Å². The molecule has 7 nitrogen and oxygen atoms in total. The summed E-state index contributed by atoms with van der Waals surface area (Å²) in [5, 5.41) is 10.9. The number of aromatic nitrogens is 3. The average molecular weight is 520 g/mol. The Morgan fingerprint density at radius 3 is 2.70 bits per heavy atom. The molecule has 2 aromatic heterocycles. The number of aryl methyl sites for hydroxylation is 1. The Morgan fingerprint density at radius 2 is 1.93 bits per heavy atom. The van der Waals surface area contributed by atoms with Gasteiger partial charge in [0.2, 0.25) is 5.88 Å². The molecule has 0 unspecified atom stereocenters. The fraction of sp³-hybridized carbons (Fsp3) is 0.318. The molecular formula is C22H29IN6O. The standard InChI is InChI=1S/C22H28N6O.HI/c1-2-23-22(25-11-6-14-28-15-7-12-27-28)26-17-20-10-13-24-21(16-20)29-18-19-8-4-3-5-9-19;/h3-5,7-10,12-13,15-16H,2,6,11,14,17-18H2,1H3,(H2,23,25,26);1H. The van der Waals surface area contributed by atoms with Crippen molar-refractivity contribution in [1.29, 1.82) is 0 Å². The number of ether oxygens (including phenoxy) is 1. The molecule has 3 rings (SSSR count). The summed E-state index contributed by atoms with van der Waals surface area (Å²) in [6.07, 6.45) is 6.50. The zero-order valence-corrected chi connectivity index (χ0v) is 19.5. The molecule has 2 heterocycles. The molecule has 8 heteroatoms. The van der Waals surface area contributed by atoms with Gasteiger partial charge in [0, 0.05) is 44.3 Å². The molecule has 30 heavy (non-hydrogen) atoms. The molecule has 0 aliphatic carbocycles. The Hall–Kier alpha value is -2.62.